The summed E-state index contributed by atoms with van der Waals surface area (Å²) in [6, 6.07) is 16.2. The standard InChI is InChI=1S/C24H31N3O3/c1-4-12-25-24(30)26(3)15-23(29)27-14-21(22(27)16-28)19-10-8-18(9-11-19)20-7-5-6-17(2)13-20/h5-11,13,21-22,28H,4,12,14-16H2,1-3H3,(H,25,30)/t21?,22-/m1/s1. The number of likely N-dealkylation sites (tertiary alicyclic amines) is 1. The Bertz CT molecular complexity index is 882. The number of nitrogens with zero attached hydrogens (tertiary/aromatic N) is 2. The maximum atomic E-state index is 12.6. The van der Waals surface area contributed by atoms with Crippen LogP contribution in [0.1, 0.15) is 30.4 Å². The van der Waals surface area contributed by atoms with Gasteiger partial charge >= 0.3 is 6.03 Å². The van der Waals surface area contributed by atoms with Gasteiger partial charge in [-0.05, 0) is 30.0 Å². The second kappa shape index (κ2) is 9.76. The van der Waals surface area contributed by atoms with Gasteiger partial charge in [0, 0.05) is 26.1 Å². The Labute approximate surface area is 178 Å². The number of nitrogens with one attached hydrogen (secondary N) is 1. The number of carbonyl (C=O) groups is 2. The summed E-state index contributed by atoms with van der Waals surface area (Å²) < 4.78 is 0. The fourth-order valence-corrected chi connectivity index (χ4v) is 3.87. The van der Waals surface area contributed by atoms with Crippen molar-refractivity contribution in [2.24, 2.45) is 0 Å². The Morgan fingerprint density at radius 3 is 2.53 bits per heavy atom. The molecule has 0 bridgehead atoms. The molecular weight excluding hydrogens is 378 g/mol. The first-order chi connectivity index (χ1) is 14.4. The highest BCUT2D eigenvalue weighted by Gasteiger charge is 2.42. The van der Waals surface area contributed by atoms with E-state index in [1.165, 1.54) is 16.0 Å². The third kappa shape index (κ3) is 4.82. The number of hydrogen-bond donors (Lipinski definition) is 2. The van der Waals surface area contributed by atoms with Crippen LogP contribution in [0.3, 0.4) is 0 Å². The van der Waals surface area contributed by atoms with Crippen molar-refractivity contribution in [2.45, 2.75) is 32.2 Å². The number of carbonyl (C=O) groups excluding carboxylic acids is 2. The van der Waals surface area contributed by atoms with Crippen molar-refractivity contribution in [1.29, 1.82) is 0 Å². The van der Waals surface area contributed by atoms with Crippen LogP contribution >= 0.6 is 0 Å². The fourth-order valence-electron chi connectivity index (χ4n) is 3.87. The molecule has 1 fully saturated rings. The van der Waals surface area contributed by atoms with Gasteiger partial charge in [-0.15, -0.1) is 0 Å². The van der Waals surface area contributed by atoms with Gasteiger partial charge in [0.25, 0.3) is 0 Å². The first-order valence-electron chi connectivity index (χ1n) is 10.5. The summed E-state index contributed by atoms with van der Waals surface area (Å²) in [5.74, 6) is -0.0411. The summed E-state index contributed by atoms with van der Waals surface area (Å²) >= 11 is 0. The van der Waals surface area contributed by atoms with Gasteiger partial charge < -0.3 is 20.2 Å². The Kier molecular flexibility index (Phi) is 7.11. The number of amides is 3. The van der Waals surface area contributed by atoms with Crippen molar-refractivity contribution in [3.63, 3.8) is 0 Å². The zero-order chi connectivity index (χ0) is 21.7. The average molecular weight is 410 g/mol. The van der Waals surface area contributed by atoms with Gasteiger partial charge in [-0.2, -0.15) is 0 Å². The van der Waals surface area contributed by atoms with Crippen LogP contribution < -0.4 is 5.32 Å². The van der Waals surface area contributed by atoms with Crippen molar-refractivity contribution in [1.82, 2.24) is 15.1 Å². The Morgan fingerprint density at radius 1 is 1.17 bits per heavy atom. The lowest BCUT2D eigenvalue weighted by Gasteiger charge is -2.48. The highest BCUT2D eigenvalue weighted by Crippen LogP contribution is 2.35. The van der Waals surface area contributed by atoms with E-state index in [4.69, 9.17) is 0 Å². The highest BCUT2D eigenvalue weighted by atomic mass is 16.3. The topological polar surface area (TPSA) is 72.9 Å². The number of likely N-dealkylation sites (N-methyl/N-ethyl adjacent to an activating group) is 1. The van der Waals surface area contributed by atoms with Crippen LogP contribution in [0.5, 0.6) is 0 Å². The molecule has 1 heterocycles. The van der Waals surface area contributed by atoms with E-state index in [-0.39, 0.29) is 37.0 Å². The molecule has 6 heteroatoms. The zero-order valence-electron chi connectivity index (χ0n) is 18.0. The van der Waals surface area contributed by atoms with E-state index in [9.17, 15) is 14.7 Å². The number of hydrogen-bond acceptors (Lipinski definition) is 3. The minimum absolute atomic E-state index is 0.00502. The van der Waals surface area contributed by atoms with E-state index in [0.29, 0.717) is 13.1 Å². The van der Waals surface area contributed by atoms with Gasteiger partial charge in [-0.25, -0.2) is 4.79 Å². The highest BCUT2D eigenvalue weighted by molar-refractivity contribution is 5.85. The minimum atomic E-state index is -0.255. The molecule has 3 rings (SSSR count). The lowest BCUT2D eigenvalue weighted by atomic mass is 9.82. The molecule has 2 aromatic carbocycles. The Morgan fingerprint density at radius 2 is 1.90 bits per heavy atom. The Hall–Kier alpha value is -2.86. The predicted molar refractivity (Wildman–Crippen MR) is 118 cm³/mol. The summed E-state index contributed by atoms with van der Waals surface area (Å²) in [5.41, 5.74) is 4.66. The largest absolute Gasteiger partial charge is 0.394 e. The third-order valence-corrected chi connectivity index (χ3v) is 5.70. The van der Waals surface area contributed by atoms with Gasteiger partial charge in [0.2, 0.25) is 5.91 Å². The number of urea groups is 1. The molecule has 30 heavy (non-hydrogen) atoms. The fraction of sp³-hybridized carbons (Fsp3) is 0.417. The SMILES string of the molecule is CCCNC(=O)N(C)CC(=O)N1CC(c2ccc(-c3cccc(C)c3)cc2)[C@H]1CO. The second-order valence-electron chi connectivity index (χ2n) is 7.98. The third-order valence-electron chi connectivity index (χ3n) is 5.70. The van der Waals surface area contributed by atoms with E-state index in [0.717, 1.165) is 17.5 Å². The predicted octanol–water partition coefficient (Wildman–Crippen LogP) is 3.00. The summed E-state index contributed by atoms with van der Waals surface area (Å²) in [4.78, 5) is 27.6. The number of benzene rings is 2. The van der Waals surface area contributed by atoms with Gasteiger partial charge in [-0.1, -0.05) is 61.0 Å². The maximum Gasteiger partial charge on any atom is 0.317 e. The van der Waals surface area contributed by atoms with Gasteiger partial charge in [0.15, 0.2) is 0 Å². The van der Waals surface area contributed by atoms with Gasteiger partial charge in [0.05, 0.1) is 12.6 Å². The van der Waals surface area contributed by atoms with Crippen LogP contribution in [0.15, 0.2) is 48.5 Å². The monoisotopic (exact) mass is 409 g/mol. The van der Waals surface area contributed by atoms with Crippen molar-refractivity contribution >= 4 is 11.9 Å². The molecule has 2 aromatic rings. The minimum Gasteiger partial charge on any atom is -0.394 e. The molecule has 6 nitrogen and oxygen atoms in total. The van der Waals surface area contributed by atoms with E-state index < -0.39 is 0 Å². The van der Waals surface area contributed by atoms with E-state index in [1.54, 1.807) is 11.9 Å². The van der Waals surface area contributed by atoms with Gasteiger partial charge in [-0.3, -0.25) is 4.79 Å². The van der Waals surface area contributed by atoms with E-state index in [2.05, 4.69) is 60.8 Å². The maximum absolute atomic E-state index is 12.6. The van der Waals surface area contributed by atoms with Crippen LogP contribution in [0.2, 0.25) is 0 Å². The van der Waals surface area contributed by atoms with Gasteiger partial charge in [0.1, 0.15) is 6.54 Å². The van der Waals surface area contributed by atoms with E-state index >= 15 is 0 Å². The molecule has 1 aliphatic rings. The van der Waals surface area contributed by atoms with Crippen LogP contribution in [-0.2, 0) is 4.79 Å². The number of aryl methyl sites for hydroxylation is 1. The molecule has 1 aliphatic heterocycles. The summed E-state index contributed by atoms with van der Waals surface area (Å²) in [7, 11) is 1.61. The second-order valence-corrected chi connectivity index (χ2v) is 7.98. The molecule has 1 unspecified atom stereocenters. The van der Waals surface area contributed by atoms with Crippen LogP contribution in [-0.4, -0.2) is 66.2 Å². The first-order valence-corrected chi connectivity index (χ1v) is 10.5. The molecule has 0 spiro atoms. The van der Waals surface area contributed by atoms with Crippen LogP contribution in [0, 0.1) is 6.92 Å². The molecule has 2 N–H and O–H groups in total. The van der Waals surface area contributed by atoms with Crippen molar-refractivity contribution in [2.75, 3.05) is 33.3 Å². The Balaban J connectivity index is 1.61. The number of aliphatic hydroxyl groups is 1. The van der Waals surface area contributed by atoms with Crippen molar-refractivity contribution in [3.05, 3.63) is 59.7 Å². The van der Waals surface area contributed by atoms with Crippen LogP contribution in [0.25, 0.3) is 11.1 Å². The molecule has 2 atom stereocenters. The molecule has 0 radical (unpaired) electrons. The van der Waals surface area contributed by atoms with Crippen LogP contribution in [0.4, 0.5) is 4.79 Å². The molecule has 0 saturated carbocycles. The van der Waals surface area contributed by atoms with E-state index in [1.807, 2.05) is 6.92 Å². The molecule has 160 valence electrons. The molecule has 1 saturated heterocycles. The molecule has 0 aromatic heterocycles. The van der Waals surface area contributed by atoms with Crippen molar-refractivity contribution in [3.8, 4) is 11.1 Å². The smallest absolute Gasteiger partial charge is 0.317 e. The number of rotatable bonds is 7. The number of aliphatic hydroxyl groups excluding tert-OH is 1. The first kappa shape index (κ1) is 21.8. The summed E-state index contributed by atoms with van der Waals surface area (Å²) in [6.07, 6.45) is 0.844. The average Bonchev–Trinajstić information content (AvgIpc) is 2.72. The quantitative estimate of drug-likeness (QED) is 0.738. The normalized spacial score (nSPS) is 17.9. The lowest BCUT2D eigenvalue weighted by Crippen LogP contribution is -2.61. The lowest BCUT2D eigenvalue weighted by molar-refractivity contribution is -0.142. The molecule has 0 aliphatic carbocycles. The molecular formula is C24H31N3O3. The zero-order valence-corrected chi connectivity index (χ0v) is 18.0. The summed E-state index contributed by atoms with van der Waals surface area (Å²) in [5, 5.41) is 12.6. The van der Waals surface area contributed by atoms with Crippen molar-refractivity contribution < 1.29 is 14.7 Å². The molecule has 3 amide bonds. The summed E-state index contributed by atoms with van der Waals surface area (Å²) in [6.45, 7) is 5.10.